The molecule has 0 aliphatic carbocycles. The summed E-state index contributed by atoms with van der Waals surface area (Å²) in [7, 11) is 0. The highest BCUT2D eigenvalue weighted by atomic mass is 35.5. The summed E-state index contributed by atoms with van der Waals surface area (Å²) in [5.74, 6) is 0.858. The average Bonchev–Trinajstić information content (AvgIpc) is 3.38. The Morgan fingerprint density at radius 3 is 2.58 bits per heavy atom. The van der Waals surface area contributed by atoms with E-state index in [0.717, 1.165) is 63.4 Å². The monoisotopic (exact) mass is 584 g/mol. The summed E-state index contributed by atoms with van der Waals surface area (Å²) in [5.41, 5.74) is 2.80. The van der Waals surface area contributed by atoms with Gasteiger partial charge in [0.05, 0.1) is 16.1 Å². The number of aromatic amines is 1. The second kappa shape index (κ2) is 11.6. The van der Waals surface area contributed by atoms with Crippen LogP contribution in [0.25, 0.3) is 22.4 Å². The smallest absolute Gasteiger partial charge is 0.147 e. The van der Waals surface area contributed by atoms with Gasteiger partial charge in [-0.05, 0) is 68.8 Å². The van der Waals surface area contributed by atoms with Crippen LogP contribution in [-0.4, -0.2) is 69.6 Å². The Labute approximate surface area is 242 Å². The maximum absolute atomic E-state index is 14.3. The van der Waals surface area contributed by atoms with E-state index in [1.807, 2.05) is 6.07 Å². The number of aromatic nitrogens is 3. The molecule has 40 heavy (non-hydrogen) atoms. The van der Waals surface area contributed by atoms with Gasteiger partial charge >= 0.3 is 0 Å². The van der Waals surface area contributed by atoms with E-state index in [1.54, 1.807) is 24.4 Å². The Morgan fingerprint density at radius 2 is 1.82 bits per heavy atom. The first kappa shape index (κ1) is 27.4. The fraction of sp³-hybridized carbons (Fsp3) is 0.400. The molecule has 0 spiro atoms. The van der Waals surface area contributed by atoms with Gasteiger partial charge in [0, 0.05) is 60.6 Å². The predicted molar refractivity (Wildman–Crippen MR) is 157 cm³/mol. The van der Waals surface area contributed by atoms with Crippen LogP contribution in [0.1, 0.15) is 31.7 Å². The molecule has 6 nitrogen and oxygen atoms in total. The second-order valence-electron chi connectivity index (χ2n) is 10.8. The van der Waals surface area contributed by atoms with Gasteiger partial charge < -0.3 is 9.88 Å². The summed E-state index contributed by atoms with van der Waals surface area (Å²) in [4.78, 5) is 19.7. The maximum atomic E-state index is 14.3. The number of imidazole rings is 1. The van der Waals surface area contributed by atoms with Gasteiger partial charge in [0.1, 0.15) is 23.3 Å². The van der Waals surface area contributed by atoms with Crippen molar-refractivity contribution in [3.63, 3.8) is 0 Å². The fourth-order valence-electron chi connectivity index (χ4n) is 6.12. The molecule has 210 valence electrons. The molecule has 0 amide bonds. The SMILES string of the molecule is CC[C@H]1CN(c2ncc(-c3nc4ccc(F)cc4[nH]3)cc2Cl)CCN1C1CCN(Cc2ccc(Cl)cc2F)CC1. The Morgan fingerprint density at radius 1 is 1.00 bits per heavy atom. The van der Waals surface area contributed by atoms with Crippen LogP contribution in [0.2, 0.25) is 10.0 Å². The van der Waals surface area contributed by atoms with Crippen LogP contribution in [0.15, 0.2) is 48.7 Å². The van der Waals surface area contributed by atoms with Gasteiger partial charge in [0.15, 0.2) is 0 Å². The van der Waals surface area contributed by atoms with Gasteiger partial charge in [-0.3, -0.25) is 9.80 Å². The van der Waals surface area contributed by atoms with Crippen molar-refractivity contribution in [2.45, 2.75) is 44.8 Å². The van der Waals surface area contributed by atoms with Crippen LogP contribution >= 0.6 is 23.2 Å². The third-order valence-electron chi connectivity index (χ3n) is 8.27. The standard InChI is InChI=1S/C30H32Cl2F2N6/c1-2-23-18-39(30-25(32)13-20(16-35-30)29-36-27-6-5-22(33)15-28(27)37-29)11-12-40(23)24-7-9-38(10-8-24)17-19-3-4-21(31)14-26(19)34/h3-6,13-16,23-24H,2,7-12,17-18H2,1H3,(H,36,37)/t23-/m0/s1. The van der Waals surface area contributed by atoms with E-state index in [2.05, 4.69) is 31.6 Å². The number of halogens is 4. The molecule has 2 aliphatic heterocycles. The van der Waals surface area contributed by atoms with E-state index in [4.69, 9.17) is 28.2 Å². The highest BCUT2D eigenvalue weighted by Gasteiger charge is 2.34. The third-order valence-corrected chi connectivity index (χ3v) is 8.79. The first-order valence-corrected chi connectivity index (χ1v) is 14.6. The van der Waals surface area contributed by atoms with Gasteiger partial charge in [-0.25, -0.2) is 18.7 Å². The Kier molecular flexibility index (Phi) is 7.95. The lowest BCUT2D eigenvalue weighted by molar-refractivity contribution is 0.0607. The van der Waals surface area contributed by atoms with E-state index in [-0.39, 0.29) is 11.6 Å². The van der Waals surface area contributed by atoms with Crippen LogP contribution in [0, 0.1) is 11.6 Å². The minimum Gasteiger partial charge on any atom is -0.353 e. The van der Waals surface area contributed by atoms with Crippen molar-refractivity contribution in [1.29, 1.82) is 0 Å². The minimum absolute atomic E-state index is 0.231. The molecule has 4 aromatic rings. The lowest BCUT2D eigenvalue weighted by Crippen LogP contribution is -2.58. The molecule has 1 N–H and O–H groups in total. The van der Waals surface area contributed by atoms with Crippen molar-refractivity contribution in [2.24, 2.45) is 0 Å². The zero-order valence-corrected chi connectivity index (χ0v) is 23.9. The molecule has 10 heteroatoms. The summed E-state index contributed by atoms with van der Waals surface area (Å²) < 4.78 is 27.9. The van der Waals surface area contributed by atoms with Crippen LogP contribution in [0.4, 0.5) is 14.6 Å². The molecule has 2 aromatic heterocycles. The number of pyridine rings is 1. The number of piperidine rings is 1. The summed E-state index contributed by atoms with van der Waals surface area (Å²) in [6.07, 6.45) is 4.96. The van der Waals surface area contributed by atoms with Crippen LogP contribution < -0.4 is 4.90 Å². The van der Waals surface area contributed by atoms with Crippen molar-refractivity contribution in [2.75, 3.05) is 37.6 Å². The summed E-state index contributed by atoms with van der Waals surface area (Å²) in [6, 6.07) is 12.2. The minimum atomic E-state index is -0.308. The van der Waals surface area contributed by atoms with Crippen molar-refractivity contribution in [3.05, 3.63) is 75.9 Å². The molecule has 0 saturated carbocycles. The highest BCUT2D eigenvalue weighted by molar-refractivity contribution is 6.33. The molecule has 1 atom stereocenters. The third kappa shape index (κ3) is 5.68. The second-order valence-corrected chi connectivity index (χ2v) is 11.6. The first-order chi connectivity index (χ1) is 19.4. The van der Waals surface area contributed by atoms with Gasteiger partial charge in [-0.2, -0.15) is 0 Å². The molecular weight excluding hydrogens is 553 g/mol. The maximum Gasteiger partial charge on any atom is 0.147 e. The fourth-order valence-corrected chi connectivity index (χ4v) is 6.56. The molecular formula is C30H32Cl2F2N6. The van der Waals surface area contributed by atoms with E-state index >= 15 is 0 Å². The lowest BCUT2D eigenvalue weighted by atomic mass is 9.97. The van der Waals surface area contributed by atoms with Crippen molar-refractivity contribution in [1.82, 2.24) is 24.8 Å². The van der Waals surface area contributed by atoms with Crippen LogP contribution in [0.5, 0.6) is 0 Å². The molecule has 2 aliphatic rings. The number of hydrogen-bond donors (Lipinski definition) is 1. The van der Waals surface area contributed by atoms with Gasteiger partial charge in [0.25, 0.3) is 0 Å². The van der Waals surface area contributed by atoms with Gasteiger partial charge in [-0.1, -0.05) is 36.2 Å². The molecule has 0 radical (unpaired) electrons. The largest absolute Gasteiger partial charge is 0.353 e. The molecule has 4 heterocycles. The van der Waals surface area contributed by atoms with Gasteiger partial charge in [0.2, 0.25) is 0 Å². The molecule has 0 unspecified atom stereocenters. The van der Waals surface area contributed by atoms with Gasteiger partial charge in [-0.15, -0.1) is 0 Å². The molecule has 6 rings (SSSR count). The normalized spacial score (nSPS) is 19.5. The highest BCUT2D eigenvalue weighted by Crippen LogP contribution is 2.32. The number of piperazine rings is 1. The molecule has 2 fully saturated rings. The lowest BCUT2D eigenvalue weighted by Gasteiger charge is -2.47. The van der Waals surface area contributed by atoms with Crippen LogP contribution in [0.3, 0.4) is 0 Å². The summed E-state index contributed by atoms with van der Waals surface area (Å²) >= 11 is 12.7. The van der Waals surface area contributed by atoms with Crippen LogP contribution in [-0.2, 0) is 6.54 Å². The van der Waals surface area contributed by atoms with Crippen molar-refractivity contribution < 1.29 is 8.78 Å². The zero-order chi connectivity index (χ0) is 27.8. The number of fused-ring (bicyclic) bond motifs is 1. The van der Waals surface area contributed by atoms with E-state index in [9.17, 15) is 8.78 Å². The van der Waals surface area contributed by atoms with E-state index < -0.39 is 0 Å². The van der Waals surface area contributed by atoms with E-state index in [0.29, 0.717) is 51.1 Å². The number of nitrogens with one attached hydrogen (secondary N) is 1. The first-order valence-electron chi connectivity index (χ1n) is 13.9. The number of rotatable bonds is 6. The molecule has 2 saturated heterocycles. The molecule has 0 bridgehead atoms. The number of likely N-dealkylation sites (tertiary alicyclic amines) is 1. The number of nitrogens with zero attached hydrogens (tertiary/aromatic N) is 5. The number of hydrogen-bond acceptors (Lipinski definition) is 5. The number of benzene rings is 2. The molecule has 2 aromatic carbocycles. The van der Waals surface area contributed by atoms with E-state index in [1.165, 1.54) is 18.2 Å². The topological polar surface area (TPSA) is 51.3 Å². The quantitative estimate of drug-likeness (QED) is 0.271. The predicted octanol–water partition coefficient (Wildman–Crippen LogP) is 6.78. The Bertz CT molecular complexity index is 1500. The van der Waals surface area contributed by atoms with Crippen molar-refractivity contribution >= 4 is 40.1 Å². The number of anilines is 1. The Balaban J connectivity index is 1.08. The average molecular weight is 586 g/mol. The van der Waals surface area contributed by atoms with Crippen molar-refractivity contribution in [3.8, 4) is 11.4 Å². The summed E-state index contributed by atoms with van der Waals surface area (Å²) in [5, 5.41) is 1.01. The number of H-pyrrole nitrogens is 1. The summed E-state index contributed by atoms with van der Waals surface area (Å²) in [6.45, 7) is 7.42. The Hall–Kier alpha value is -2.78. The zero-order valence-electron chi connectivity index (χ0n) is 22.4.